The first-order valence-corrected chi connectivity index (χ1v) is 12.2. The van der Waals surface area contributed by atoms with Gasteiger partial charge in [0.1, 0.15) is 0 Å². The number of carbonyl (C=O) groups is 3. The zero-order valence-electron chi connectivity index (χ0n) is 19.3. The second-order valence-electron chi connectivity index (χ2n) is 8.17. The number of carbonyl (C=O) groups excluding carboxylic acids is 2. The van der Waals surface area contributed by atoms with E-state index in [1.807, 2.05) is 6.92 Å². The summed E-state index contributed by atoms with van der Waals surface area (Å²) >= 11 is 0. The van der Waals surface area contributed by atoms with E-state index in [1.54, 1.807) is 0 Å². The molecule has 0 fully saturated rings. The summed E-state index contributed by atoms with van der Waals surface area (Å²) in [4.78, 5) is 34.0. The Kier molecular flexibility index (Phi) is 13.4. The molecule has 0 aromatic carbocycles. The van der Waals surface area contributed by atoms with Crippen LogP contribution in [0.3, 0.4) is 0 Å². The first-order valence-electron chi connectivity index (χ1n) is 10.6. The van der Waals surface area contributed by atoms with Crippen molar-refractivity contribution >= 4 is 28.1 Å². The Hall–Kier alpha value is -1.92. The second kappa shape index (κ2) is 14.3. The van der Waals surface area contributed by atoms with Crippen LogP contribution in [0.4, 0.5) is 4.79 Å². The molecule has 11 nitrogen and oxygen atoms in total. The number of nitrogens with one attached hydrogen (secondary N) is 1. The summed E-state index contributed by atoms with van der Waals surface area (Å²) in [7, 11) is -3.97. The zero-order valence-corrected chi connectivity index (χ0v) is 20.2. The molecule has 0 aromatic heterocycles. The molecule has 0 aliphatic rings. The van der Waals surface area contributed by atoms with E-state index in [0.717, 1.165) is 12.8 Å². The number of carboxylic acids is 1. The van der Waals surface area contributed by atoms with E-state index >= 15 is 0 Å². The Morgan fingerprint density at radius 1 is 1.00 bits per heavy atom. The van der Waals surface area contributed by atoms with Gasteiger partial charge in [-0.05, 0) is 32.1 Å². The third kappa shape index (κ3) is 11.6. The van der Waals surface area contributed by atoms with Gasteiger partial charge in [0.25, 0.3) is 10.1 Å². The minimum atomic E-state index is -3.97. The van der Waals surface area contributed by atoms with Crippen molar-refractivity contribution in [2.75, 3.05) is 32.1 Å². The molecule has 0 bridgehead atoms. The molecule has 0 rings (SSSR count). The number of amides is 1. The molecule has 0 aliphatic carbocycles. The van der Waals surface area contributed by atoms with E-state index in [4.69, 9.17) is 13.7 Å². The van der Waals surface area contributed by atoms with Crippen LogP contribution in [0, 0.1) is 5.41 Å². The molecule has 12 heteroatoms. The molecule has 1 atom stereocenters. The fraction of sp³-hybridized carbons (Fsp3) is 0.850. The van der Waals surface area contributed by atoms with Gasteiger partial charge in [-0.25, -0.2) is 9.59 Å². The molecule has 0 heterocycles. The molecule has 0 aliphatic heterocycles. The smallest absolute Gasteiger partial charge is 0.479 e. The lowest BCUT2D eigenvalue weighted by Crippen LogP contribution is -2.53. The van der Waals surface area contributed by atoms with E-state index in [9.17, 15) is 33.0 Å². The molecule has 0 saturated heterocycles. The molecule has 1 amide bonds. The highest BCUT2D eigenvalue weighted by Gasteiger charge is 2.50. The first kappa shape index (κ1) is 30.1. The molecule has 0 radical (unpaired) electrons. The minimum Gasteiger partial charge on any atom is -0.479 e. The SMILES string of the molecule is CCCCOC(=O)OCCCC[C@](O)(C(=O)O)C(C)(C)COS(=O)(=O)CCCNC(C)=O. The molecule has 0 spiro atoms. The summed E-state index contributed by atoms with van der Waals surface area (Å²) in [6.07, 6.45) is 1.22. The van der Waals surface area contributed by atoms with Crippen LogP contribution in [0.5, 0.6) is 0 Å². The van der Waals surface area contributed by atoms with Crippen molar-refractivity contribution in [1.29, 1.82) is 0 Å². The predicted octanol–water partition coefficient (Wildman–Crippen LogP) is 1.82. The standard InChI is InChI=1S/C20H37NO10S/c1-5-6-12-29-18(25)30-13-8-7-10-20(26,17(23)24)19(3,4)15-31-32(27,28)14-9-11-21-16(2)22/h26H,5-15H2,1-4H3,(H,21,22)(H,23,24)/t20-/m0/s1. The Bertz CT molecular complexity index is 707. The van der Waals surface area contributed by atoms with Gasteiger partial charge in [0.2, 0.25) is 5.91 Å². The lowest BCUT2D eigenvalue weighted by atomic mass is 9.72. The molecule has 0 unspecified atom stereocenters. The number of carboxylic acid groups (broad SMARTS) is 1. The summed E-state index contributed by atoms with van der Waals surface area (Å²) in [6, 6.07) is 0. The van der Waals surface area contributed by atoms with E-state index in [-0.39, 0.29) is 57.1 Å². The quantitative estimate of drug-likeness (QED) is 0.158. The second-order valence-corrected chi connectivity index (χ2v) is 9.93. The monoisotopic (exact) mass is 483 g/mol. The zero-order chi connectivity index (χ0) is 24.8. The van der Waals surface area contributed by atoms with E-state index in [2.05, 4.69) is 5.32 Å². The average molecular weight is 484 g/mol. The molecule has 0 saturated carbocycles. The van der Waals surface area contributed by atoms with Gasteiger partial charge in [0.05, 0.1) is 25.6 Å². The number of rotatable bonds is 17. The Morgan fingerprint density at radius 3 is 2.12 bits per heavy atom. The van der Waals surface area contributed by atoms with Crippen LogP contribution in [0.25, 0.3) is 0 Å². The fourth-order valence-electron chi connectivity index (χ4n) is 2.64. The van der Waals surface area contributed by atoms with Gasteiger partial charge < -0.3 is 25.0 Å². The van der Waals surface area contributed by atoms with Crippen molar-refractivity contribution in [3.05, 3.63) is 0 Å². The number of unbranched alkanes of at least 4 members (excludes halogenated alkanes) is 2. The maximum absolute atomic E-state index is 12.1. The average Bonchev–Trinajstić information content (AvgIpc) is 2.69. The van der Waals surface area contributed by atoms with Gasteiger partial charge in [0.15, 0.2) is 5.60 Å². The van der Waals surface area contributed by atoms with Crippen molar-refractivity contribution in [3.8, 4) is 0 Å². The molecule has 3 N–H and O–H groups in total. The van der Waals surface area contributed by atoms with E-state index < -0.39 is 39.9 Å². The number of hydrogen-bond donors (Lipinski definition) is 3. The van der Waals surface area contributed by atoms with Gasteiger partial charge in [-0.15, -0.1) is 0 Å². The third-order valence-corrected chi connectivity index (χ3v) is 6.15. The molecule has 188 valence electrons. The van der Waals surface area contributed by atoms with Crippen molar-refractivity contribution in [1.82, 2.24) is 5.32 Å². The lowest BCUT2D eigenvalue weighted by Gasteiger charge is -2.38. The molecular weight excluding hydrogens is 446 g/mol. The van der Waals surface area contributed by atoms with Crippen LogP contribution in [-0.4, -0.2) is 74.4 Å². The summed E-state index contributed by atoms with van der Waals surface area (Å²) < 4.78 is 38.8. The summed E-state index contributed by atoms with van der Waals surface area (Å²) in [5.41, 5.74) is -3.70. The predicted molar refractivity (Wildman–Crippen MR) is 115 cm³/mol. The van der Waals surface area contributed by atoms with Crippen molar-refractivity contribution < 1.29 is 46.7 Å². The van der Waals surface area contributed by atoms with Gasteiger partial charge in [-0.1, -0.05) is 27.2 Å². The largest absolute Gasteiger partial charge is 0.508 e. The van der Waals surface area contributed by atoms with Crippen LogP contribution < -0.4 is 5.32 Å². The topological polar surface area (TPSA) is 166 Å². The highest BCUT2D eigenvalue weighted by atomic mass is 32.2. The van der Waals surface area contributed by atoms with Crippen LogP contribution in [0.1, 0.15) is 66.2 Å². The fourth-order valence-corrected chi connectivity index (χ4v) is 3.73. The number of aliphatic hydroxyl groups is 1. The Morgan fingerprint density at radius 2 is 1.59 bits per heavy atom. The van der Waals surface area contributed by atoms with Crippen LogP contribution >= 0.6 is 0 Å². The van der Waals surface area contributed by atoms with Crippen molar-refractivity contribution in [2.24, 2.45) is 5.41 Å². The maximum Gasteiger partial charge on any atom is 0.508 e. The maximum atomic E-state index is 12.1. The van der Waals surface area contributed by atoms with Gasteiger partial charge in [-0.3, -0.25) is 8.98 Å². The van der Waals surface area contributed by atoms with Crippen molar-refractivity contribution in [3.63, 3.8) is 0 Å². The number of hydrogen-bond acceptors (Lipinski definition) is 9. The Balaban J connectivity index is 4.64. The van der Waals surface area contributed by atoms with E-state index in [0.29, 0.717) is 0 Å². The first-order chi connectivity index (χ1) is 14.8. The minimum absolute atomic E-state index is 0.000261. The van der Waals surface area contributed by atoms with Crippen LogP contribution in [-0.2, 0) is 33.4 Å². The molecule has 32 heavy (non-hydrogen) atoms. The van der Waals surface area contributed by atoms with Crippen LogP contribution in [0.15, 0.2) is 0 Å². The van der Waals surface area contributed by atoms with Gasteiger partial charge in [0, 0.05) is 18.9 Å². The summed E-state index contributed by atoms with van der Waals surface area (Å²) in [5, 5.41) is 22.8. The van der Waals surface area contributed by atoms with Gasteiger partial charge >= 0.3 is 12.1 Å². The highest BCUT2D eigenvalue weighted by Crippen LogP contribution is 2.36. The number of ether oxygens (including phenoxy) is 2. The Labute approximate surface area is 189 Å². The number of aliphatic carboxylic acids is 1. The molecular formula is C20H37NO10S. The highest BCUT2D eigenvalue weighted by molar-refractivity contribution is 7.86. The van der Waals surface area contributed by atoms with Gasteiger partial charge in [-0.2, -0.15) is 8.42 Å². The normalized spacial score (nSPS) is 13.8. The van der Waals surface area contributed by atoms with Crippen LogP contribution in [0.2, 0.25) is 0 Å². The van der Waals surface area contributed by atoms with E-state index in [1.165, 1.54) is 20.8 Å². The van der Waals surface area contributed by atoms with Crippen molar-refractivity contribution in [2.45, 2.75) is 71.8 Å². The third-order valence-electron chi connectivity index (χ3n) is 4.89. The molecule has 0 aromatic rings. The summed E-state index contributed by atoms with van der Waals surface area (Å²) in [5.74, 6) is -2.15. The lowest BCUT2D eigenvalue weighted by molar-refractivity contribution is -0.177. The summed E-state index contributed by atoms with van der Waals surface area (Å²) in [6.45, 7) is 5.94.